The van der Waals surface area contributed by atoms with Crippen LogP contribution in [0.1, 0.15) is 5.56 Å². The Bertz CT molecular complexity index is 1280. The quantitative estimate of drug-likeness (QED) is 0.352. The van der Waals surface area contributed by atoms with Gasteiger partial charge in [0.05, 0.1) is 12.3 Å². The number of benzene rings is 2. The number of nitrogens with zero attached hydrogens (tertiary/aromatic N) is 5. The van der Waals surface area contributed by atoms with Gasteiger partial charge in [0, 0.05) is 11.8 Å². The average molecular weight is 452 g/mol. The molecule has 4 aromatic rings. The topological polar surface area (TPSA) is 104 Å². The molecule has 0 radical (unpaired) electrons. The molecule has 162 valence electrons. The van der Waals surface area contributed by atoms with Crippen molar-refractivity contribution in [3.8, 4) is 11.5 Å². The zero-order valence-corrected chi connectivity index (χ0v) is 17.5. The van der Waals surface area contributed by atoms with E-state index in [1.54, 1.807) is 35.0 Å². The fourth-order valence-corrected chi connectivity index (χ4v) is 3.93. The molecule has 9 nitrogen and oxygen atoms in total. The first-order valence-corrected chi connectivity index (χ1v) is 10.8. The first-order chi connectivity index (χ1) is 15.7. The van der Waals surface area contributed by atoms with Crippen LogP contribution in [0.4, 0.5) is 10.1 Å². The molecule has 11 heteroatoms. The summed E-state index contributed by atoms with van der Waals surface area (Å²) >= 11 is 1.24. The monoisotopic (exact) mass is 452 g/mol. The van der Waals surface area contributed by atoms with E-state index < -0.39 is 0 Å². The van der Waals surface area contributed by atoms with E-state index in [1.165, 1.54) is 30.2 Å². The first-order valence-electron chi connectivity index (χ1n) is 9.77. The molecule has 1 N–H and O–H groups in total. The number of hydrogen-bond acceptors (Lipinski definition) is 8. The molecule has 0 unspecified atom stereocenters. The lowest BCUT2D eigenvalue weighted by Crippen LogP contribution is -2.17. The molecule has 1 aliphatic rings. The Balaban J connectivity index is 1.25. The standard InChI is InChI=1S/C21H17FN6O3S/c22-14-3-1-13(2-4-14)10-28-20-19(26-27-28)21(24-12-23-20)32-11-18(29)25-15-5-6-16-17(9-15)31-8-7-30-16/h1-6,9,12H,7-8,10-11H2,(H,25,29). The van der Waals surface area contributed by atoms with Crippen LogP contribution in [0.5, 0.6) is 11.5 Å². The van der Waals surface area contributed by atoms with Crippen LogP contribution in [0.2, 0.25) is 0 Å². The van der Waals surface area contributed by atoms with Gasteiger partial charge in [-0.15, -0.1) is 5.10 Å². The van der Waals surface area contributed by atoms with E-state index in [0.717, 1.165) is 5.56 Å². The fraction of sp³-hybridized carbons (Fsp3) is 0.190. The summed E-state index contributed by atoms with van der Waals surface area (Å²) < 4.78 is 25.8. The summed E-state index contributed by atoms with van der Waals surface area (Å²) in [7, 11) is 0. The zero-order valence-electron chi connectivity index (χ0n) is 16.7. The largest absolute Gasteiger partial charge is 0.486 e. The SMILES string of the molecule is O=C(CSc1ncnc2c1nnn2Cc1ccc(F)cc1)Nc1ccc2c(c1)OCCO2. The number of amides is 1. The lowest BCUT2D eigenvalue weighted by Gasteiger charge is -2.18. The van der Waals surface area contributed by atoms with Crippen molar-refractivity contribution in [2.45, 2.75) is 11.6 Å². The maximum atomic E-state index is 13.1. The number of fused-ring (bicyclic) bond motifs is 2. The zero-order chi connectivity index (χ0) is 21.9. The summed E-state index contributed by atoms with van der Waals surface area (Å²) in [6, 6.07) is 11.4. The van der Waals surface area contributed by atoms with Crippen LogP contribution in [0.3, 0.4) is 0 Å². The summed E-state index contributed by atoms with van der Waals surface area (Å²) in [5.41, 5.74) is 2.54. The molecule has 0 fully saturated rings. The Labute approximate surface area is 186 Å². The molecule has 0 saturated carbocycles. The van der Waals surface area contributed by atoms with Crippen LogP contribution in [0, 0.1) is 5.82 Å². The van der Waals surface area contributed by atoms with Gasteiger partial charge in [0.2, 0.25) is 5.91 Å². The van der Waals surface area contributed by atoms with E-state index in [2.05, 4.69) is 25.6 Å². The third-order valence-corrected chi connectivity index (χ3v) is 5.66. The second-order valence-corrected chi connectivity index (χ2v) is 7.88. The van der Waals surface area contributed by atoms with Gasteiger partial charge in [-0.2, -0.15) is 0 Å². The van der Waals surface area contributed by atoms with E-state index in [-0.39, 0.29) is 17.5 Å². The van der Waals surface area contributed by atoms with Gasteiger partial charge in [-0.25, -0.2) is 19.0 Å². The second kappa shape index (κ2) is 8.79. The summed E-state index contributed by atoms with van der Waals surface area (Å²) in [6.45, 7) is 1.38. The number of halogens is 1. The van der Waals surface area contributed by atoms with Crippen molar-refractivity contribution >= 4 is 34.5 Å². The third-order valence-electron chi connectivity index (χ3n) is 4.68. The van der Waals surface area contributed by atoms with Crippen molar-refractivity contribution in [2.75, 3.05) is 24.3 Å². The number of aromatic nitrogens is 5. The summed E-state index contributed by atoms with van der Waals surface area (Å²) in [5, 5.41) is 11.7. The molecule has 3 heterocycles. The summed E-state index contributed by atoms with van der Waals surface area (Å²) in [4.78, 5) is 21.0. The number of ether oxygens (including phenoxy) is 2. The minimum absolute atomic E-state index is 0.130. The number of carbonyl (C=O) groups is 1. The van der Waals surface area contributed by atoms with Gasteiger partial charge in [-0.05, 0) is 29.8 Å². The Kier molecular flexibility index (Phi) is 5.55. The second-order valence-electron chi connectivity index (χ2n) is 6.92. The summed E-state index contributed by atoms with van der Waals surface area (Å²) in [5.74, 6) is 0.906. The van der Waals surface area contributed by atoms with Gasteiger partial charge in [0.1, 0.15) is 30.4 Å². The van der Waals surface area contributed by atoms with Crippen molar-refractivity contribution in [3.63, 3.8) is 0 Å². The molecule has 2 aromatic heterocycles. The molecular formula is C21H17FN6O3S. The molecule has 0 bridgehead atoms. The molecule has 1 aliphatic heterocycles. The van der Waals surface area contributed by atoms with Crippen LogP contribution in [0.25, 0.3) is 11.2 Å². The highest BCUT2D eigenvalue weighted by atomic mass is 32.2. The minimum atomic E-state index is -0.298. The fourth-order valence-electron chi connectivity index (χ4n) is 3.20. The Morgan fingerprint density at radius 3 is 2.75 bits per heavy atom. The maximum absolute atomic E-state index is 13.1. The highest BCUT2D eigenvalue weighted by Gasteiger charge is 2.16. The lowest BCUT2D eigenvalue weighted by atomic mass is 10.2. The van der Waals surface area contributed by atoms with Crippen molar-refractivity contribution in [1.82, 2.24) is 25.0 Å². The molecule has 2 aromatic carbocycles. The predicted octanol–water partition coefficient (Wildman–Crippen LogP) is 2.91. The normalized spacial score (nSPS) is 12.7. The lowest BCUT2D eigenvalue weighted by molar-refractivity contribution is -0.113. The molecule has 0 atom stereocenters. The summed E-state index contributed by atoms with van der Waals surface area (Å²) in [6.07, 6.45) is 1.41. The van der Waals surface area contributed by atoms with Crippen molar-refractivity contribution in [1.29, 1.82) is 0 Å². The molecule has 0 aliphatic carbocycles. The smallest absolute Gasteiger partial charge is 0.234 e. The van der Waals surface area contributed by atoms with E-state index in [4.69, 9.17) is 9.47 Å². The highest BCUT2D eigenvalue weighted by Crippen LogP contribution is 2.32. The van der Waals surface area contributed by atoms with Gasteiger partial charge in [0.25, 0.3) is 0 Å². The molecule has 5 rings (SSSR count). The average Bonchev–Trinajstić information content (AvgIpc) is 3.22. The number of carbonyl (C=O) groups excluding carboxylic acids is 1. The number of anilines is 1. The number of nitrogens with one attached hydrogen (secondary N) is 1. The van der Waals surface area contributed by atoms with E-state index >= 15 is 0 Å². The van der Waals surface area contributed by atoms with Gasteiger partial charge >= 0.3 is 0 Å². The molecule has 32 heavy (non-hydrogen) atoms. The van der Waals surface area contributed by atoms with Crippen LogP contribution < -0.4 is 14.8 Å². The predicted molar refractivity (Wildman–Crippen MR) is 115 cm³/mol. The van der Waals surface area contributed by atoms with Crippen LogP contribution in [-0.2, 0) is 11.3 Å². The number of hydrogen-bond donors (Lipinski definition) is 1. The van der Waals surface area contributed by atoms with E-state index in [0.29, 0.717) is 53.1 Å². The van der Waals surface area contributed by atoms with E-state index in [1.807, 2.05) is 0 Å². The van der Waals surface area contributed by atoms with E-state index in [9.17, 15) is 9.18 Å². The van der Waals surface area contributed by atoms with Gasteiger partial charge < -0.3 is 14.8 Å². The molecule has 0 saturated heterocycles. The van der Waals surface area contributed by atoms with Crippen molar-refractivity contribution in [2.24, 2.45) is 0 Å². The third kappa shape index (κ3) is 4.33. The number of thioether (sulfide) groups is 1. The Morgan fingerprint density at radius 1 is 1.09 bits per heavy atom. The van der Waals surface area contributed by atoms with Crippen LogP contribution >= 0.6 is 11.8 Å². The Hall–Kier alpha value is -3.73. The van der Waals surface area contributed by atoms with Crippen molar-refractivity contribution < 1.29 is 18.7 Å². The Morgan fingerprint density at radius 2 is 1.91 bits per heavy atom. The van der Waals surface area contributed by atoms with Crippen LogP contribution in [-0.4, -0.2) is 49.8 Å². The van der Waals surface area contributed by atoms with Crippen LogP contribution in [0.15, 0.2) is 53.8 Å². The van der Waals surface area contributed by atoms with Gasteiger partial charge in [0.15, 0.2) is 22.7 Å². The van der Waals surface area contributed by atoms with Crippen molar-refractivity contribution in [3.05, 3.63) is 60.2 Å². The highest BCUT2D eigenvalue weighted by molar-refractivity contribution is 8.00. The van der Waals surface area contributed by atoms with Gasteiger partial charge in [-0.1, -0.05) is 29.1 Å². The molecular weight excluding hydrogens is 435 g/mol. The number of rotatable bonds is 6. The van der Waals surface area contributed by atoms with Gasteiger partial charge in [-0.3, -0.25) is 4.79 Å². The maximum Gasteiger partial charge on any atom is 0.234 e. The minimum Gasteiger partial charge on any atom is -0.486 e. The molecule has 0 spiro atoms. The molecule has 1 amide bonds. The first kappa shape index (κ1) is 20.2.